The Labute approximate surface area is 98.9 Å². The Bertz CT molecular complexity index is 548. The van der Waals surface area contributed by atoms with Crippen molar-refractivity contribution >= 4 is 11.4 Å². The molecule has 0 aliphatic rings. The van der Waals surface area contributed by atoms with Crippen LogP contribution in [-0.2, 0) is 0 Å². The molecule has 0 unspecified atom stereocenters. The minimum atomic E-state index is 0.199. The number of phenolic OH excluding ortho intramolecular Hbond substituents is 2. The van der Waals surface area contributed by atoms with Crippen LogP contribution in [0.5, 0.6) is 11.5 Å². The normalized spacial score (nSPS) is 10.9. The molecule has 0 spiro atoms. The Kier molecular flexibility index (Phi) is 3.05. The number of aromatic hydroxyl groups is 2. The topological polar surface area (TPSA) is 65.2 Å². The Balaban J connectivity index is 2.23. The van der Waals surface area contributed by atoms with Gasteiger partial charge < -0.3 is 10.2 Å². The molecule has 0 heterocycles. The lowest BCUT2D eigenvalue weighted by atomic mass is 10.2. The molecule has 0 aromatic heterocycles. The Morgan fingerprint density at radius 1 is 0.824 bits per heavy atom. The van der Waals surface area contributed by atoms with Crippen molar-refractivity contribution in [2.75, 3.05) is 0 Å². The maximum atomic E-state index is 9.25. The van der Waals surface area contributed by atoms with Crippen LogP contribution in [-0.4, -0.2) is 10.2 Å². The average Bonchev–Trinajstić information content (AvgIpc) is 2.30. The largest absolute Gasteiger partial charge is 0.508 e. The molecule has 2 aromatic rings. The summed E-state index contributed by atoms with van der Waals surface area (Å²) in [5, 5.41) is 26.5. The van der Waals surface area contributed by atoms with Gasteiger partial charge in [-0.3, -0.25) is 0 Å². The van der Waals surface area contributed by atoms with E-state index in [0.29, 0.717) is 11.4 Å². The molecule has 17 heavy (non-hydrogen) atoms. The van der Waals surface area contributed by atoms with Crippen molar-refractivity contribution in [2.24, 2.45) is 10.2 Å². The first-order chi connectivity index (χ1) is 8.15. The van der Waals surface area contributed by atoms with Gasteiger partial charge in [0, 0.05) is 0 Å². The molecule has 0 amide bonds. The second kappa shape index (κ2) is 4.65. The first kappa shape index (κ1) is 11.1. The van der Waals surface area contributed by atoms with Crippen molar-refractivity contribution in [3.8, 4) is 11.5 Å². The van der Waals surface area contributed by atoms with Crippen LogP contribution in [0.3, 0.4) is 0 Å². The highest BCUT2D eigenvalue weighted by Gasteiger charge is 1.97. The average molecular weight is 228 g/mol. The summed E-state index contributed by atoms with van der Waals surface area (Å²) in [5.41, 5.74) is 2.22. The lowest BCUT2D eigenvalue weighted by Gasteiger charge is -1.99. The molecule has 0 atom stereocenters. The molecule has 86 valence electrons. The quantitative estimate of drug-likeness (QED) is 0.767. The third kappa shape index (κ3) is 2.81. The third-order valence-electron chi connectivity index (χ3n) is 2.30. The molecule has 0 saturated carbocycles. The van der Waals surface area contributed by atoms with Gasteiger partial charge in [0.15, 0.2) is 0 Å². The number of azo groups is 1. The van der Waals surface area contributed by atoms with Crippen molar-refractivity contribution in [1.82, 2.24) is 0 Å². The van der Waals surface area contributed by atoms with Gasteiger partial charge in [0.25, 0.3) is 0 Å². The smallest absolute Gasteiger partial charge is 0.115 e. The molecule has 0 radical (unpaired) electrons. The zero-order valence-electron chi connectivity index (χ0n) is 9.33. The summed E-state index contributed by atoms with van der Waals surface area (Å²) >= 11 is 0. The SMILES string of the molecule is Cc1cc(O)ccc1/N=N/c1ccc(O)cc1. The van der Waals surface area contributed by atoms with Crippen LogP contribution in [0, 0.1) is 6.92 Å². The van der Waals surface area contributed by atoms with Gasteiger partial charge in [0.1, 0.15) is 11.5 Å². The van der Waals surface area contributed by atoms with E-state index < -0.39 is 0 Å². The molecule has 4 heteroatoms. The summed E-state index contributed by atoms with van der Waals surface area (Å²) < 4.78 is 0. The molecule has 2 aromatic carbocycles. The number of hydrogen-bond acceptors (Lipinski definition) is 4. The number of benzene rings is 2. The van der Waals surface area contributed by atoms with E-state index in [1.54, 1.807) is 42.5 Å². The van der Waals surface area contributed by atoms with Crippen LogP contribution in [0.4, 0.5) is 11.4 Å². The maximum absolute atomic E-state index is 9.25. The number of nitrogens with zero attached hydrogens (tertiary/aromatic N) is 2. The lowest BCUT2D eigenvalue weighted by molar-refractivity contribution is 0.474. The number of phenols is 2. The number of aryl methyl sites for hydroxylation is 1. The zero-order valence-corrected chi connectivity index (χ0v) is 9.33. The minimum Gasteiger partial charge on any atom is -0.508 e. The fourth-order valence-corrected chi connectivity index (χ4v) is 1.38. The van der Waals surface area contributed by atoms with E-state index in [4.69, 9.17) is 5.11 Å². The van der Waals surface area contributed by atoms with Gasteiger partial charge in [-0.1, -0.05) is 0 Å². The van der Waals surface area contributed by atoms with Crippen LogP contribution in [0.15, 0.2) is 52.7 Å². The van der Waals surface area contributed by atoms with Crippen molar-refractivity contribution in [2.45, 2.75) is 6.92 Å². The van der Waals surface area contributed by atoms with E-state index in [-0.39, 0.29) is 11.5 Å². The Morgan fingerprint density at radius 3 is 2.12 bits per heavy atom. The molecular formula is C13H12N2O2. The predicted octanol–water partition coefficient (Wildman–Crippen LogP) is 3.82. The van der Waals surface area contributed by atoms with E-state index in [9.17, 15) is 5.11 Å². The van der Waals surface area contributed by atoms with Gasteiger partial charge in [-0.25, -0.2) is 0 Å². The van der Waals surface area contributed by atoms with Gasteiger partial charge >= 0.3 is 0 Å². The summed E-state index contributed by atoms with van der Waals surface area (Å²) in [6.07, 6.45) is 0. The van der Waals surface area contributed by atoms with Crippen LogP contribution in [0.1, 0.15) is 5.56 Å². The van der Waals surface area contributed by atoms with E-state index >= 15 is 0 Å². The van der Waals surface area contributed by atoms with Gasteiger partial charge in [-0.2, -0.15) is 10.2 Å². The van der Waals surface area contributed by atoms with E-state index in [0.717, 1.165) is 5.56 Å². The van der Waals surface area contributed by atoms with E-state index in [2.05, 4.69) is 10.2 Å². The van der Waals surface area contributed by atoms with Gasteiger partial charge in [-0.15, -0.1) is 0 Å². The molecule has 4 nitrogen and oxygen atoms in total. The van der Waals surface area contributed by atoms with Crippen molar-refractivity contribution in [1.29, 1.82) is 0 Å². The monoisotopic (exact) mass is 228 g/mol. The lowest BCUT2D eigenvalue weighted by Crippen LogP contribution is -1.73. The van der Waals surface area contributed by atoms with Gasteiger partial charge in [0.2, 0.25) is 0 Å². The van der Waals surface area contributed by atoms with Crippen LogP contribution < -0.4 is 0 Å². The van der Waals surface area contributed by atoms with Gasteiger partial charge in [-0.05, 0) is 55.0 Å². The highest BCUT2D eigenvalue weighted by molar-refractivity contribution is 5.49. The Hall–Kier alpha value is -2.36. The van der Waals surface area contributed by atoms with Crippen LogP contribution in [0.25, 0.3) is 0 Å². The van der Waals surface area contributed by atoms with Crippen molar-refractivity contribution in [3.63, 3.8) is 0 Å². The molecule has 0 saturated heterocycles. The molecular weight excluding hydrogens is 216 g/mol. The summed E-state index contributed by atoms with van der Waals surface area (Å²) in [4.78, 5) is 0. The van der Waals surface area contributed by atoms with Crippen molar-refractivity contribution in [3.05, 3.63) is 48.0 Å². The standard InChI is InChI=1S/C13H12N2O2/c1-9-8-12(17)6-7-13(9)15-14-10-2-4-11(16)5-3-10/h2-8,16-17H,1H3/b15-14+. The first-order valence-corrected chi connectivity index (χ1v) is 5.15. The number of hydrogen-bond donors (Lipinski definition) is 2. The van der Waals surface area contributed by atoms with Crippen molar-refractivity contribution < 1.29 is 10.2 Å². The minimum absolute atomic E-state index is 0.199. The highest BCUT2D eigenvalue weighted by Crippen LogP contribution is 2.25. The van der Waals surface area contributed by atoms with Gasteiger partial charge in [0.05, 0.1) is 11.4 Å². The third-order valence-corrected chi connectivity index (χ3v) is 2.30. The zero-order chi connectivity index (χ0) is 12.3. The summed E-state index contributed by atoms with van der Waals surface area (Å²) in [6, 6.07) is 11.4. The summed E-state index contributed by atoms with van der Waals surface area (Å²) in [6.45, 7) is 1.85. The molecule has 2 N–H and O–H groups in total. The van der Waals surface area contributed by atoms with Crippen LogP contribution in [0.2, 0.25) is 0 Å². The first-order valence-electron chi connectivity index (χ1n) is 5.15. The predicted molar refractivity (Wildman–Crippen MR) is 65.1 cm³/mol. The molecule has 0 aliphatic carbocycles. The molecule has 0 bridgehead atoms. The molecule has 0 fully saturated rings. The number of rotatable bonds is 2. The fraction of sp³-hybridized carbons (Fsp3) is 0.0769. The van der Waals surface area contributed by atoms with E-state index in [1.807, 2.05) is 6.92 Å². The second-order valence-corrected chi connectivity index (χ2v) is 3.69. The van der Waals surface area contributed by atoms with Crippen LogP contribution >= 0.6 is 0 Å². The summed E-state index contributed by atoms with van der Waals surface area (Å²) in [7, 11) is 0. The fourth-order valence-electron chi connectivity index (χ4n) is 1.38. The second-order valence-electron chi connectivity index (χ2n) is 3.69. The Morgan fingerprint density at radius 2 is 1.47 bits per heavy atom. The summed E-state index contributed by atoms with van der Waals surface area (Å²) in [5.74, 6) is 0.413. The van der Waals surface area contributed by atoms with E-state index in [1.165, 1.54) is 0 Å². The molecule has 2 rings (SSSR count). The maximum Gasteiger partial charge on any atom is 0.115 e. The highest BCUT2D eigenvalue weighted by atomic mass is 16.3. The molecule has 0 aliphatic heterocycles.